The third kappa shape index (κ3) is 4.50. The minimum Gasteiger partial charge on any atom is -0.450 e. The molecule has 1 saturated heterocycles. The Bertz CT molecular complexity index is 727. The first-order valence-corrected chi connectivity index (χ1v) is 8.82. The van der Waals surface area contributed by atoms with Crippen LogP contribution in [-0.4, -0.2) is 36.4 Å². The maximum Gasteiger partial charge on any atom is 0.326 e. The van der Waals surface area contributed by atoms with E-state index < -0.39 is 0 Å². The van der Waals surface area contributed by atoms with E-state index in [1.165, 1.54) is 5.56 Å². The van der Waals surface area contributed by atoms with Crippen LogP contribution in [-0.2, 0) is 17.8 Å². The average Bonchev–Trinajstić information content (AvgIpc) is 2.68. The average molecular weight is 335 g/mol. The molecule has 0 bridgehead atoms. The van der Waals surface area contributed by atoms with Crippen LogP contribution in [0.15, 0.2) is 48.5 Å². The molecule has 1 aliphatic rings. The number of amides is 1. The zero-order valence-electron chi connectivity index (χ0n) is 14.4. The van der Waals surface area contributed by atoms with Gasteiger partial charge in [-0.05, 0) is 35.4 Å². The van der Waals surface area contributed by atoms with Crippen molar-refractivity contribution in [2.75, 3.05) is 13.1 Å². The van der Waals surface area contributed by atoms with Gasteiger partial charge in [-0.25, -0.2) is 0 Å². The van der Waals surface area contributed by atoms with E-state index in [2.05, 4.69) is 24.3 Å². The summed E-state index contributed by atoms with van der Waals surface area (Å²) in [7, 11) is 1.06. The number of hydrogen-bond donors (Lipinski definition) is 2. The Balaban J connectivity index is 1.57. The number of rotatable bonds is 5. The number of carbonyl (C=O) groups is 1. The minimum atomic E-state index is 0.157. The molecule has 3 N–H and O–H groups in total. The molecule has 1 fully saturated rings. The summed E-state index contributed by atoms with van der Waals surface area (Å²) in [5.41, 5.74) is 9.89. The first-order chi connectivity index (χ1) is 12.2. The van der Waals surface area contributed by atoms with Crippen LogP contribution in [0.3, 0.4) is 0 Å². The topological polar surface area (TPSA) is 66.6 Å². The van der Waals surface area contributed by atoms with Crippen molar-refractivity contribution in [2.24, 2.45) is 5.73 Å². The number of nitrogens with zero attached hydrogens (tertiary/aromatic N) is 1. The Morgan fingerprint density at radius 2 is 1.84 bits per heavy atom. The van der Waals surface area contributed by atoms with E-state index in [0.717, 1.165) is 50.0 Å². The molecule has 25 heavy (non-hydrogen) atoms. The lowest BCUT2D eigenvalue weighted by Crippen LogP contribution is -2.38. The van der Waals surface area contributed by atoms with Gasteiger partial charge in [0.1, 0.15) is 0 Å². The van der Waals surface area contributed by atoms with E-state index in [0.29, 0.717) is 18.9 Å². The van der Waals surface area contributed by atoms with Crippen molar-refractivity contribution in [3.8, 4) is 0 Å². The molecule has 2 aromatic rings. The van der Waals surface area contributed by atoms with E-state index in [1.807, 2.05) is 29.2 Å². The smallest absolute Gasteiger partial charge is 0.326 e. The first-order valence-electron chi connectivity index (χ1n) is 8.82. The Morgan fingerprint density at radius 1 is 1.12 bits per heavy atom. The van der Waals surface area contributed by atoms with Gasteiger partial charge in [-0.2, -0.15) is 0 Å². The van der Waals surface area contributed by atoms with E-state index in [-0.39, 0.29) is 5.91 Å². The number of hydrogen-bond acceptors (Lipinski definition) is 3. The van der Waals surface area contributed by atoms with Gasteiger partial charge in [0.25, 0.3) is 0 Å². The lowest BCUT2D eigenvalue weighted by molar-refractivity contribution is -0.131. The molecule has 1 heterocycles. The second-order valence-corrected chi connectivity index (χ2v) is 6.66. The van der Waals surface area contributed by atoms with Crippen molar-refractivity contribution in [1.82, 2.24) is 4.90 Å². The lowest BCUT2D eigenvalue weighted by Gasteiger charge is -2.32. The second kappa shape index (κ2) is 8.32. The Kier molecular flexibility index (Phi) is 5.89. The van der Waals surface area contributed by atoms with Gasteiger partial charge in [-0.1, -0.05) is 54.0 Å². The van der Waals surface area contributed by atoms with Crippen LogP contribution in [0.5, 0.6) is 0 Å². The standard InChI is InChI=1S/C20H24BN2O2/c22-14-16-4-1-5-18(11-16)17-7-9-23(10-8-17)20(24)13-15-3-2-6-19(12-15)21-25/h1-6,11-12,17,25H,7-10,13-14,22H2. The summed E-state index contributed by atoms with van der Waals surface area (Å²) in [6, 6.07) is 15.9. The Hall–Kier alpha value is -2.11. The number of carbonyl (C=O) groups excluding carboxylic acids is 1. The van der Waals surface area contributed by atoms with Crippen LogP contribution in [0.2, 0.25) is 0 Å². The van der Waals surface area contributed by atoms with Crippen LogP contribution in [0.1, 0.15) is 35.4 Å². The third-order valence-corrected chi connectivity index (χ3v) is 4.96. The van der Waals surface area contributed by atoms with Gasteiger partial charge in [0.05, 0.1) is 6.42 Å². The van der Waals surface area contributed by atoms with Crippen LogP contribution in [0.4, 0.5) is 0 Å². The van der Waals surface area contributed by atoms with Gasteiger partial charge >= 0.3 is 7.48 Å². The summed E-state index contributed by atoms with van der Waals surface area (Å²) >= 11 is 0. The number of piperidine rings is 1. The van der Waals surface area contributed by atoms with E-state index >= 15 is 0 Å². The van der Waals surface area contributed by atoms with Gasteiger partial charge in [0.15, 0.2) is 0 Å². The summed E-state index contributed by atoms with van der Waals surface area (Å²) in [6.45, 7) is 2.15. The number of likely N-dealkylation sites (tertiary alicyclic amines) is 1. The van der Waals surface area contributed by atoms with Crippen LogP contribution < -0.4 is 11.2 Å². The van der Waals surface area contributed by atoms with Gasteiger partial charge < -0.3 is 15.7 Å². The Labute approximate surface area is 149 Å². The number of benzene rings is 2. The predicted octanol–water partition coefficient (Wildman–Crippen LogP) is 1.33. The molecule has 0 aliphatic carbocycles. The molecule has 3 rings (SSSR count). The second-order valence-electron chi connectivity index (χ2n) is 6.66. The van der Waals surface area contributed by atoms with Gasteiger partial charge in [0, 0.05) is 19.6 Å². The largest absolute Gasteiger partial charge is 0.450 e. The third-order valence-electron chi connectivity index (χ3n) is 4.96. The Morgan fingerprint density at radius 3 is 2.56 bits per heavy atom. The zero-order valence-corrected chi connectivity index (χ0v) is 14.4. The van der Waals surface area contributed by atoms with Crippen molar-refractivity contribution in [1.29, 1.82) is 0 Å². The molecule has 1 aliphatic heterocycles. The molecule has 0 spiro atoms. The minimum absolute atomic E-state index is 0.157. The highest BCUT2D eigenvalue weighted by atomic mass is 16.2. The lowest BCUT2D eigenvalue weighted by atomic mass is 9.87. The fourth-order valence-corrected chi connectivity index (χ4v) is 3.51. The number of nitrogens with two attached hydrogens (primary N) is 1. The van der Waals surface area contributed by atoms with Gasteiger partial charge in [-0.3, -0.25) is 4.79 Å². The van der Waals surface area contributed by atoms with Crippen molar-refractivity contribution in [3.05, 3.63) is 65.2 Å². The normalized spacial score (nSPS) is 15.2. The molecule has 0 unspecified atom stereocenters. The highest BCUT2D eigenvalue weighted by Gasteiger charge is 2.24. The van der Waals surface area contributed by atoms with Crippen molar-refractivity contribution in [3.63, 3.8) is 0 Å². The summed E-state index contributed by atoms with van der Waals surface area (Å²) in [6.07, 6.45) is 2.36. The molecule has 129 valence electrons. The summed E-state index contributed by atoms with van der Waals surface area (Å²) < 4.78 is 0. The quantitative estimate of drug-likeness (QED) is 0.810. The summed E-state index contributed by atoms with van der Waals surface area (Å²) in [4.78, 5) is 14.5. The van der Waals surface area contributed by atoms with Crippen molar-refractivity contribution >= 4 is 18.9 Å². The van der Waals surface area contributed by atoms with Crippen LogP contribution in [0.25, 0.3) is 0 Å². The fraction of sp³-hybridized carbons (Fsp3) is 0.350. The van der Waals surface area contributed by atoms with Crippen LogP contribution >= 0.6 is 0 Å². The molecule has 2 aromatic carbocycles. The molecule has 0 aromatic heterocycles. The molecule has 1 amide bonds. The molecule has 0 atom stereocenters. The van der Waals surface area contributed by atoms with E-state index in [9.17, 15) is 4.79 Å². The molecule has 4 nitrogen and oxygen atoms in total. The SMILES string of the molecule is NCc1cccc(C2CCN(C(=O)Cc3cccc([B]O)c3)CC2)c1. The summed E-state index contributed by atoms with van der Waals surface area (Å²) in [5.74, 6) is 0.659. The van der Waals surface area contributed by atoms with Gasteiger partial charge in [-0.15, -0.1) is 0 Å². The fourth-order valence-electron chi connectivity index (χ4n) is 3.51. The maximum atomic E-state index is 12.5. The molecule has 5 heteroatoms. The van der Waals surface area contributed by atoms with Crippen molar-refractivity contribution < 1.29 is 9.82 Å². The van der Waals surface area contributed by atoms with E-state index in [4.69, 9.17) is 10.8 Å². The maximum absolute atomic E-state index is 12.5. The van der Waals surface area contributed by atoms with E-state index in [1.54, 1.807) is 0 Å². The van der Waals surface area contributed by atoms with Gasteiger partial charge in [0.2, 0.25) is 5.91 Å². The van der Waals surface area contributed by atoms with Crippen LogP contribution in [0, 0.1) is 0 Å². The highest BCUT2D eigenvalue weighted by Crippen LogP contribution is 2.28. The summed E-state index contributed by atoms with van der Waals surface area (Å²) in [5, 5.41) is 9.09. The molecular weight excluding hydrogens is 311 g/mol. The van der Waals surface area contributed by atoms with Crippen molar-refractivity contribution in [2.45, 2.75) is 31.7 Å². The predicted molar refractivity (Wildman–Crippen MR) is 101 cm³/mol. The first kappa shape index (κ1) is 17.7. The molecular formula is C20H24BN2O2. The zero-order chi connectivity index (χ0) is 17.6. The molecule has 0 saturated carbocycles. The highest BCUT2D eigenvalue weighted by molar-refractivity contribution is 6.45. The molecule has 1 radical (unpaired) electrons. The monoisotopic (exact) mass is 335 g/mol.